The summed E-state index contributed by atoms with van der Waals surface area (Å²) in [5.74, 6) is 2.70. The first-order valence-electron chi connectivity index (χ1n) is 8.76. The van der Waals surface area contributed by atoms with Crippen LogP contribution in [0.2, 0.25) is 0 Å². The zero-order valence-electron chi connectivity index (χ0n) is 16.2. The second-order valence-electron chi connectivity index (χ2n) is 7.49. The lowest BCUT2D eigenvalue weighted by atomic mass is 9.94. The van der Waals surface area contributed by atoms with Crippen molar-refractivity contribution in [3.8, 4) is 0 Å². The first-order valence-corrected chi connectivity index (χ1v) is 8.76. The predicted molar refractivity (Wildman–Crippen MR) is 103 cm³/mol. The van der Waals surface area contributed by atoms with E-state index in [0.717, 1.165) is 18.3 Å². The second kappa shape index (κ2) is 8.19. The van der Waals surface area contributed by atoms with Crippen molar-refractivity contribution in [2.75, 3.05) is 13.6 Å². The van der Waals surface area contributed by atoms with Crippen molar-refractivity contribution in [1.82, 2.24) is 15.6 Å². The molecule has 0 spiro atoms. The number of aromatic nitrogens is 1. The second-order valence-corrected chi connectivity index (χ2v) is 7.49. The summed E-state index contributed by atoms with van der Waals surface area (Å²) in [6.07, 6.45) is 1.80. The summed E-state index contributed by atoms with van der Waals surface area (Å²) < 4.78 is 5.79. The average Bonchev–Trinajstić information content (AvgIpc) is 3.04. The molecule has 1 heterocycles. The standard InChI is InChI=1S/C20H30N4O/c1-14-8-7-9-16(10-14)15(2)11-23-19(21-6)24-13-18-22-12-17(25-18)20(3,4)5/h7-10,12,15H,11,13H2,1-6H3,(H2,21,23,24). The summed E-state index contributed by atoms with van der Waals surface area (Å²) in [6, 6.07) is 8.61. The number of rotatable bonds is 5. The molecule has 1 aromatic heterocycles. The summed E-state index contributed by atoms with van der Waals surface area (Å²) in [5, 5.41) is 6.62. The van der Waals surface area contributed by atoms with Gasteiger partial charge >= 0.3 is 0 Å². The highest BCUT2D eigenvalue weighted by molar-refractivity contribution is 5.79. The molecule has 5 nitrogen and oxygen atoms in total. The molecule has 1 aromatic carbocycles. The lowest BCUT2D eigenvalue weighted by Gasteiger charge is -2.16. The average molecular weight is 342 g/mol. The Morgan fingerprint density at radius 2 is 2.04 bits per heavy atom. The minimum atomic E-state index is -0.0333. The summed E-state index contributed by atoms with van der Waals surface area (Å²) in [4.78, 5) is 8.60. The molecule has 0 aliphatic rings. The van der Waals surface area contributed by atoms with E-state index in [0.29, 0.717) is 18.4 Å². The van der Waals surface area contributed by atoms with E-state index in [1.54, 1.807) is 13.2 Å². The quantitative estimate of drug-likeness (QED) is 0.642. The molecule has 2 rings (SSSR count). The summed E-state index contributed by atoms with van der Waals surface area (Å²) in [7, 11) is 1.77. The van der Waals surface area contributed by atoms with Gasteiger partial charge in [0.2, 0.25) is 5.89 Å². The number of guanidine groups is 1. The molecular formula is C20H30N4O. The maximum absolute atomic E-state index is 5.79. The van der Waals surface area contributed by atoms with Gasteiger partial charge in [-0.1, -0.05) is 57.5 Å². The molecule has 136 valence electrons. The molecule has 1 unspecified atom stereocenters. The lowest BCUT2D eigenvalue weighted by Crippen LogP contribution is -2.38. The Labute approximate surface area is 151 Å². The van der Waals surface area contributed by atoms with Crippen molar-refractivity contribution in [2.45, 2.75) is 52.5 Å². The molecule has 2 N–H and O–H groups in total. The van der Waals surface area contributed by atoms with Gasteiger partial charge in [-0.05, 0) is 18.4 Å². The van der Waals surface area contributed by atoms with Crippen molar-refractivity contribution in [2.24, 2.45) is 4.99 Å². The molecule has 0 amide bonds. The summed E-state index contributed by atoms with van der Waals surface area (Å²) in [5.41, 5.74) is 2.57. The van der Waals surface area contributed by atoms with Gasteiger partial charge in [0.05, 0.1) is 12.7 Å². The molecule has 0 fully saturated rings. The van der Waals surface area contributed by atoms with E-state index in [9.17, 15) is 0 Å². The van der Waals surface area contributed by atoms with Crippen LogP contribution in [0.3, 0.4) is 0 Å². The van der Waals surface area contributed by atoms with Crippen LogP contribution in [0, 0.1) is 6.92 Å². The van der Waals surface area contributed by atoms with Gasteiger partial charge in [0.1, 0.15) is 5.76 Å². The summed E-state index contributed by atoms with van der Waals surface area (Å²) in [6.45, 7) is 12.0. The molecule has 0 aliphatic heterocycles. The van der Waals surface area contributed by atoms with Crippen molar-refractivity contribution in [3.63, 3.8) is 0 Å². The fourth-order valence-corrected chi connectivity index (χ4v) is 2.46. The number of oxazole rings is 1. The molecule has 0 saturated heterocycles. The largest absolute Gasteiger partial charge is 0.443 e. The minimum Gasteiger partial charge on any atom is -0.443 e. The predicted octanol–water partition coefficient (Wildman–Crippen LogP) is 3.75. The Kier molecular flexibility index (Phi) is 6.23. The zero-order valence-corrected chi connectivity index (χ0v) is 16.2. The molecule has 1 atom stereocenters. The monoisotopic (exact) mass is 342 g/mol. The van der Waals surface area contributed by atoms with Gasteiger partial charge in [-0.15, -0.1) is 0 Å². The third-order valence-electron chi connectivity index (χ3n) is 4.11. The lowest BCUT2D eigenvalue weighted by molar-refractivity contribution is 0.379. The van der Waals surface area contributed by atoms with E-state index < -0.39 is 0 Å². The van der Waals surface area contributed by atoms with Gasteiger partial charge in [-0.2, -0.15) is 0 Å². The van der Waals surface area contributed by atoms with Gasteiger partial charge in [0.15, 0.2) is 5.96 Å². The Morgan fingerprint density at radius 3 is 2.64 bits per heavy atom. The molecule has 5 heteroatoms. The van der Waals surface area contributed by atoms with Gasteiger partial charge in [0, 0.05) is 19.0 Å². The first-order chi connectivity index (χ1) is 11.8. The fraction of sp³-hybridized carbons (Fsp3) is 0.500. The maximum Gasteiger partial charge on any atom is 0.213 e. The Bertz CT molecular complexity index is 712. The van der Waals surface area contributed by atoms with Gasteiger partial charge in [-0.3, -0.25) is 4.99 Å². The van der Waals surface area contributed by atoms with Crippen molar-refractivity contribution in [3.05, 3.63) is 53.2 Å². The highest BCUT2D eigenvalue weighted by Gasteiger charge is 2.19. The van der Waals surface area contributed by atoms with E-state index >= 15 is 0 Å². The smallest absolute Gasteiger partial charge is 0.213 e. The van der Waals surface area contributed by atoms with Crippen LogP contribution in [-0.4, -0.2) is 24.5 Å². The van der Waals surface area contributed by atoms with E-state index in [1.807, 2.05) is 0 Å². The highest BCUT2D eigenvalue weighted by atomic mass is 16.4. The number of hydrogen-bond acceptors (Lipinski definition) is 3. The van der Waals surface area contributed by atoms with E-state index in [-0.39, 0.29) is 5.41 Å². The maximum atomic E-state index is 5.79. The number of aryl methyl sites for hydroxylation is 1. The Hall–Kier alpha value is -2.30. The molecular weight excluding hydrogens is 312 g/mol. The first kappa shape index (κ1) is 19.0. The molecule has 0 aliphatic carbocycles. The van der Waals surface area contributed by atoms with Crippen LogP contribution in [0.25, 0.3) is 0 Å². The normalized spacial score (nSPS) is 13.6. The SMILES string of the molecule is CN=C(NCc1ncc(C(C)(C)C)o1)NCC(C)c1cccc(C)c1. The van der Waals surface area contributed by atoms with Gasteiger partial charge in [-0.25, -0.2) is 4.98 Å². The van der Waals surface area contributed by atoms with E-state index in [2.05, 4.69) is 79.5 Å². The molecule has 0 bridgehead atoms. The van der Waals surface area contributed by atoms with Crippen LogP contribution in [-0.2, 0) is 12.0 Å². The van der Waals surface area contributed by atoms with Crippen LogP contribution >= 0.6 is 0 Å². The Morgan fingerprint density at radius 1 is 1.28 bits per heavy atom. The van der Waals surface area contributed by atoms with Crippen molar-refractivity contribution >= 4 is 5.96 Å². The van der Waals surface area contributed by atoms with Crippen LogP contribution in [0.15, 0.2) is 39.9 Å². The number of nitrogens with zero attached hydrogens (tertiary/aromatic N) is 2. The van der Waals surface area contributed by atoms with Crippen LogP contribution in [0.4, 0.5) is 0 Å². The Balaban J connectivity index is 1.85. The number of nitrogens with one attached hydrogen (secondary N) is 2. The van der Waals surface area contributed by atoms with Gasteiger partial charge < -0.3 is 15.1 Å². The van der Waals surface area contributed by atoms with Gasteiger partial charge in [0.25, 0.3) is 0 Å². The number of benzene rings is 1. The van der Waals surface area contributed by atoms with E-state index in [1.165, 1.54) is 11.1 Å². The van der Waals surface area contributed by atoms with Crippen molar-refractivity contribution in [1.29, 1.82) is 0 Å². The van der Waals surface area contributed by atoms with E-state index in [4.69, 9.17) is 4.42 Å². The molecule has 25 heavy (non-hydrogen) atoms. The van der Waals surface area contributed by atoms with Crippen LogP contribution in [0.5, 0.6) is 0 Å². The zero-order chi connectivity index (χ0) is 18.4. The number of hydrogen-bond donors (Lipinski definition) is 2. The third kappa shape index (κ3) is 5.62. The van der Waals surface area contributed by atoms with Crippen molar-refractivity contribution < 1.29 is 4.42 Å². The summed E-state index contributed by atoms with van der Waals surface area (Å²) >= 11 is 0. The fourth-order valence-electron chi connectivity index (χ4n) is 2.46. The highest BCUT2D eigenvalue weighted by Crippen LogP contribution is 2.22. The van der Waals surface area contributed by atoms with Crippen LogP contribution < -0.4 is 10.6 Å². The minimum absolute atomic E-state index is 0.0333. The molecule has 0 radical (unpaired) electrons. The third-order valence-corrected chi connectivity index (χ3v) is 4.11. The molecule has 2 aromatic rings. The number of aliphatic imine (C=N–C) groups is 1. The molecule has 0 saturated carbocycles. The topological polar surface area (TPSA) is 62.5 Å². The van der Waals surface area contributed by atoms with Crippen LogP contribution in [0.1, 0.15) is 56.4 Å².